The summed E-state index contributed by atoms with van der Waals surface area (Å²) in [6.07, 6.45) is 1.80. The molecule has 1 aromatic rings. The fraction of sp³-hybridized carbons (Fsp3) is 0.250. The Kier molecular flexibility index (Phi) is 2.91. The maximum Gasteiger partial charge on any atom is 0.218 e. The average molecular weight is 266 g/mol. The molecule has 0 amide bonds. The van der Waals surface area contributed by atoms with E-state index in [-0.39, 0.29) is 6.04 Å². The van der Waals surface area contributed by atoms with Gasteiger partial charge in [0.05, 0.1) is 11.6 Å². The zero-order valence-electron chi connectivity index (χ0n) is 8.53. The van der Waals surface area contributed by atoms with Gasteiger partial charge in [-0.25, -0.2) is 4.99 Å². The van der Waals surface area contributed by atoms with Gasteiger partial charge >= 0.3 is 0 Å². The maximum atomic E-state index is 5.55. The van der Waals surface area contributed by atoms with Crippen molar-refractivity contribution in [3.05, 3.63) is 46.5 Å². The monoisotopic (exact) mass is 265 g/mol. The topological polar surface area (TPSA) is 21.6 Å². The first kappa shape index (κ1) is 10.4. The van der Waals surface area contributed by atoms with E-state index < -0.39 is 0 Å². The highest BCUT2D eigenvalue weighted by molar-refractivity contribution is 9.10. The Hall–Kier alpha value is -1.09. The Balaban J connectivity index is 2.44. The Bertz CT molecular complexity index is 426. The fourth-order valence-corrected chi connectivity index (χ4v) is 2.06. The molecule has 0 N–H and O–H groups in total. The Morgan fingerprint density at radius 3 is 3.13 bits per heavy atom. The second kappa shape index (κ2) is 4.19. The molecule has 0 bridgehead atoms. The fourth-order valence-electron chi connectivity index (χ4n) is 1.49. The molecule has 0 fully saturated rings. The molecule has 0 radical (unpaired) electrons. The molecular formula is C12H12BrNO. The van der Waals surface area contributed by atoms with Crippen LogP contribution in [0.15, 0.2) is 40.3 Å². The molecule has 0 aliphatic carbocycles. The molecular weight excluding hydrogens is 254 g/mol. The van der Waals surface area contributed by atoms with E-state index in [0.29, 0.717) is 12.5 Å². The van der Waals surface area contributed by atoms with Crippen molar-refractivity contribution in [2.75, 3.05) is 0 Å². The first-order valence-corrected chi connectivity index (χ1v) is 5.62. The molecule has 3 heteroatoms. The van der Waals surface area contributed by atoms with Gasteiger partial charge in [0.1, 0.15) is 6.61 Å². The summed E-state index contributed by atoms with van der Waals surface area (Å²) in [4.78, 5) is 4.44. The number of hydrogen-bond acceptors (Lipinski definition) is 2. The van der Waals surface area contributed by atoms with Crippen molar-refractivity contribution in [3.8, 4) is 0 Å². The van der Waals surface area contributed by atoms with Crippen molar-refractivity contribution in [2.24, 2.45) is 4.99 Å². The van der Waals surface area contributed by atoms with E-state index in [1.807, 2.05) is 19.1 Å². The predicted octanol–water partition coefficient (Wildman–Crippen LogP) is 3.30. The van der Waals surface area contributed by atoms with Crippen LogP contribution < -0.4 is 0 Å². The van der Waals surface area contributed by atoms with Crippen LogP contribution in [0.3, 0.4) is 0 Å². The maximum absolute atomic E-state index is 5.55. The van der Waals surface area contributed by atoms with Crippen molar-refractivity contribution in [3.63, 3.8) is 0 Å². The van der Waals surface area contributed by atoms with E-state index in [0.717, 1.165) is 10.0 Å². The third-order valence-corrected chi connectivity index (χ3v) is 3.00. The zero-order valence-corrected chi connectivity index (χ0v) is 10.1. The minimum absolute atomic E-state index is 0.0815. The van der Waals surface area contributed by atoms with Gasteiger partial charge in [0.15, 0.2) is 0 Å². The first-order valence-electron chi connectivity index (χ1n) is 4.83. The number of benzene rings is 1. The van der Waals surface area contributed by atoms with Gasteiger partial charge in [0.25, 0.3) is 0 Å². The summed E-state index contributed by atoms with van der Waals surface area (Å²) in [5, 5.41) is 0. The van der Waals surface area contributed by atoms with Gasteiger partial charge in [-0.15, -0.1) is 6.58 Å². The van der Waals surface area contributed by atoms with Crippen LogP contribution in [0.1, 0.15) is 18.1 Å². The summed E-state index contributed by atoms with van der Waals surface area (Å²) in [5.41, 5.74) is 2.26. The van der Waals surface area contributed by atoms with E-state index in [9.17, 15) is 0 Å². The Labute approximate surface area is 97.8 Å². The van der Waals surface area contributed by atoms with Crippen molar-refractivity contribution in [1.82, 2.24) is 0 Å². The molecule has 0 saturated carbocycles. The number of rotatable bonds is 2. The van der Waals surface area contributed by atoms with Crippen LogP contribution >= 0.6 is 15.9 Å². The van der Waals surface area contributed by atoms with Crippen LogP contribution in [-0.4, -0.2) is 11.9 Å². The third kappa shape index (κ3) is 1.97. The molecule has 1 unspecified atom stereocenters. The van der Waals surface area contributed by atoms with Crippen molar-refractivity contribution in [2.45, 2.75) is 19.6 Å². The van der Waals surface area contributed by atoms with Crippen LogP contribution in [0.25, 0.3) is 0 Å². The van der Waals surface area contributed by atoms with Gasteiger partial charge < -0.3 is 4.74 Å². The van der Waals surface area contributed by atoms with Crippen LogP contribution in [0, 0.1) is 0 Å². The van der Waals surface area contributed by atoms with Gasteiger partial charge in [0, 0.05) is 10.0 Å². The number of hydrogen-bond donors (Lipinski definition) is 0. The molecule has 0 spiro atoms. The van der Waals surface area contributed by atoms with Crippen molar-refractivity contribution in [1.29, 1.82) is 0 Å². The largest absolute Gasteiger partial charge is 0.473 e. The second-order valence-electron chi connectivity index (χ2n) is 3.47. The minimum Gasteiger partial charge on any atom is -0.473 e. The lowest BCUT2D eigenvalue weighted by atomic mass is 10.1. The number of nitrogens with zero attached hydrogens (tertiary/aromatic N) is 1. The summed E-state index contributed by atoms with van der Waals surface area (Å²) in [6, 6.07) is 6.15. The molecule has 1 aliphatic heterocycles. The van der Waals surface area contributed by atoms with Crippen LogP contribution in [0.2, 0.25) is 0 Å². The summed E-state index contributed by atoms with van der Waals surface area (Å²) in [5.74, 6) is 0.713. The number of aliphatic imine (C=N–C) groups is 1. The van der Waals surface area contributed by atoms with Crippen LogP contribution in [0.5, 0.6) is 0 Å². The minimum atomic E-state index is 0.0815. The number of fused-ring (bicyclic) bond motifs is 1. The third-order valence-electron chi connectivity index (χ3n) is 2.34. The van der Waals surface area contributed by atoms with E-state index in [2.05, 4.69) is 33.6 Å². The van der Waals surface area contributed by atoms with E-state index in [4.69, 9.17) is 4.74 Å². The predicted molar refractivity (Wildman–Crippen MR) is 65.1 cm³/mol. The summed E-state index contributed by atoms with van der Waals surface area (Å²) >= 11 is 3.51. The SMILES string of the molecule is C=CC(C)N=C1OCc2cccc(Br)c21. The highest BCUT2D eigenvalue weighted by Crippen LogP contribution is 2.28. The van der Waals surface area contributed by atoms with Gasteiger partial charge in [-0.3, -0.25) is 0 Å². The van der Waals surface area contributed by atoms with Gasteiger partial charge in [-0.05, 0) is 28.9 Å². The van der Waals surface area contributed by atoms with Crippen LogP contribution in [0.4, 0.5) is 0 Å². The normalized spacial score (nSPS) is 18.4. The Morgan fingerprint density at radius 1 is 1.60 bits per heavy atom. The van der Waals surface area contributed by atoms with Crippen LogP contribution in [-0.2, 0) is 11.3 Å². The molecule has 0 saturated heterocycles. The number of ether oxygens (including phenoxy) is 1. The summed E-state index contributed by atoms with van der Waals surface area (Å²) in [6.45, 7) is 6.30. The molecule has 2 nitrogen and oxygen atoms in total. The highest BCUT2D eigenvalue weighted by Gasteiger charge is 2.21. The molecule has 1 aliphatic rings. The molecule has 15 heavy (non-hydrogen) atoms. The lowest BCUT2D eigenvalue weighted by Gasteiger charge is -2.03. The average Bonchev–Trinajstić information content (AvgIpc) is 2.63. The van der Waals surface area contributed by atoms with Gasteiger partial charge in [0.2, 0.25) is 5.90 Å². The quantitative estimate of drug-likeness (QED) is 0.752. The molecule has 0 aromatic heterocycles. The van der Waals surface area contributed by atoms with Crippen molar-refractivity contribution >= 4 is 21.8 Å². The summed E-state index contributed by atoms with van der Waals surface area (Å²) in [7, 11) is 0. The molecule has 1 heterocycles. The Morgan fingerprint density at radius 2 is 2.40 bits per heavy atom. The number of halogens is 1. The van der Waals surface area contributed by atoms with E-state index >= 15 is 0 Å². The van der Waals surface area contributed by atoms with Gasteiger partial charge in [-0.2, -0.15) is 0 Å². The molecule has 1 aromatic carbocycles. The zero-order chi connectivity index (χ0) is 10.8. The smallest absolute Gasteiger partial charge is 0.218 e. The molecule has 1 atom stereocenters. The standard InChI is InChI=1S/C12H12BrNO/c1-3-8(2)14-12-11-9(7-15-12)5-4-6-10(11)13/h3-6,8H,1,7H2,2H3. The van der Waals surface area contributed by atoms with E-state index in [1.165, 1.54) is 5.56 Å². The molecule has 78 valence electrons. The van der Waals surface area contributed by atoms with Crippen molar-refractivity contribution < 1.29 is 4.74 Å². The first-order chi connectivity index (χ1) is 7.22. The second-order valence-corrected chi connectivity index (χ2v) is 4.33. The summed E-state index contributed by atoms with van der Waals surface area (Å²) < 4.78 is 6.58. The van der Waals surface area contributed by atoms with E-state index in [1.54, 1.807) is 6.08 Å². The lowest BCUT2D eigenvalue weighted by Crippen LogP contribution is -2.04. The van der Waals surface area contributed by atoms with Gasteiger partial charge in [-0.1, -0.05) is 18.2 Å². The highest BCUT2D eigenvalue weighted by atomic mass is 79.9. The molecule has 2 rings (SSSR count). The lowest BCUT2D eigenvalue weighted by molar-refractivity contribution is 0.310.